The molecule has 1 aromatic carbocycles. The predicted molar refractivity (Wildman–Crippen MR) is 92.7 cm³/mol. The lowest BCUT2D eigenvalue weighted by atomic mass is 10.1. The third-order valence-electron chi connectivity index (χ3n) is 3.44. The van der Waals surface area contributed by atoms with E-state index in [1.165, 1.54) is 11.8 Å². The lowest BCUT2D eigenvalue weighted by Gasteiger charge is -2.10. The lowest BCUT2D eigenvalue weighted by molar-refractivity contribution is -0.118. The molecule has 0 bridgehead atoms. The van der Waals surface area contributed by atoms with Crippen molar-refractivity contribution >= 4 is 17.7 Å². The summed E-state index contributed by atoms with van der Waals surface area (Å²) in [5, 5.41) is 11.5. The maximum Gasteiger partial charge on any atom is 0.230 e. The number of carbonyl (C=O) groups is 1. The van der Waals surface area contributed by atoms with Crippen molar-refractivity contribution < 1.29 is 14.3 Å². The maximum atomic E-state index is 11.9. The highest BCUT2D eigenvalue weighted by Gasteiger charge is 2.08. The number of aryl methyl sites for hydroxylation is 1. The SMILES string of the molecule is CCn1cnnc1SCC(=O)NCCc1ccc(OC)c(OC)c1. The van der Waals surface area contributed by atoms with Gasteiger partial charge in [-0.2, -0.15) is 0 Å². The minimum Gasteiger partial charge on any atom is -0.493 e. The molecule has 0 saturated heterocycles. The quantitative estimate of drug-likeness (QED) is 0.695. The van der Waals surface area contributed by atoms with E-state index in [1.807, 2.05) is 29.7 Å². The second-order valence-corrected chi connectivity index (χ2v) is 5.92. The van der Waals surface area contributed by atoms with Gasteiger partial charge in [-0.3, -0.25) is 4.79 Å². The van der Waals surface area contributed by atoms with E-state index in [9.17, 15) is 4.79 Å². The summed E-state index contributed by atoms with van der Waals surface area (Å²) in [6, 6.07) is 5.75. The second kappa shape index (κ2) is 9.17. The van der Waals surface area contributed by atoms with Gasteiger partial charge >= 0.3 is 0 Å². The van der Waals surface area contributed by atoms with Crippen molar-refractivity contribution in [3.05, 3.63) is 30.1 Å². The van der Waals surface area contributed by atoms with Gasteiger partial charge in [-0.15, -0.1) is 10.2 Å². The Kier molecular flexibility index (Phi) is 6.92. The van der Waals surface area contributed by atoms with E-state index >= 15 is 0 Å². The van der Waals surface area contributed by atoms with Gasteiger partial charge in [0.2, 0.25) is 5.91 Å². The van der Waals surface area contributed by atoms with Crippen LogP contribution in [0.4, 0.5) is 0 Å². The fraction of sp³-hybridized carbons (Fsp3) is 0.438. The minimum atomic E-state index is -0.0221. The molecule has 0 atom stereocenters. The minimum absolute atomic E-state index is 0.0221. The average molecular weight is 350 g/mol. The van der Waals surface area contributed by atoms with E-state index in [-0.39, 0.29) is 5.91 Å². The number of aromatic nitrogens is 3. The maximum absolute atomic E-state index is 11.9. The number of rotatable bonds is 9. The number of methoxy groups -OCH3 is 2. The number of hydrogen-bond acceptors (Lipinski definition) is 6. The lowest BCUT2D eigenvalue weighted by Crippen LogP contribution is -2.27. The van der Waals surface area contributed by atoms with Gasteiger partial charge in [0.1, 0.15) is 6.33 Å². The summed E-state index contributed by atoms with van der Waals surface area (Å²) in [6.45, 7) is 3.36. The Hall–Kier alpha value is -2.22. The van der Waals surface area contributed by atoms with Crippen molar-refractivity contribution in [3.8, 4) is 11.5 Å². The van der Waals surface area contributed by atoms with E-state index in [4.69, 9.17) is 9.47 Å². The standard InChI is InChI=1S/C16H22N4O3S/c1-4-20-11-18-19-16(20)24-10-15(21)17-8-7-12-5-6-13(22-2)14(9-12)23-3/h5-6,9,11H,4,7-8,10H2,1-3H3,(H,17,21). The Morgan fingerprint density at radius 3 is 2.79 bits per heavy atom. The highest BCUT2D eigenvalue weighted by molar-refractivity contribution is 7.99. The number of amides is 1. The first kappa shape index (κ1) is 18.1. The van der Waals surface area contributed by atoms with Crippen LogP contribution in [0.25, 0.3) is 0 Å². The van der Waals surface area contributed by atoms with Crippen LogP contribution in [0.1, 0.15) is 12.5 Å². The average Bonchev–Trinajstić information content (AvgIpc) is 3.07. The van der Waals surface area contributed by atoms with E-state index in [2.05, 4.69) is 15.5 Å². The molecule has 1 amide bonds. The van der Waals surface area contributed by atoms with Crippen LogP contribution in [-0.4, -0.2) is 47.2 Å². The van der Waals surface area contributed by atoms with Crippen LogP contribution in [0, 0.1) is 0 Å². The molecule has 0 unspecified atom stereocenters. The molecule has 1 N–H and O–H groups in total. The molecular formula is C16H22N4O3S. The number of thioether (sulfide) groups is 1. The number of benzene rings is 1. The fourth-order valence-electron chi connectivity index (χ4n) is 2.14. The Balaban J connectivity index is 1.76. The molecule has 2 rings (SSSR count). The summed E-state index contributed by atoms with van der Waals surface area (Å²) in [5.74, 6) is 1.69. The van der Waals surface area contributed by atoms with Crippen LogP contribution in [0.5, 0.6) is 11.5 Å². The van der Waals surface area contributed by atoms with E-state index in [0.29, 0.717) is 23.8 Å². The van der Waals surface area contributed by atoms with Crippen molar-refractivity contribution in [3.63, 3.8) is 0 Å². The zero-order valence-corrected chi connectivity index (χ0v) is 14.9. The summed E-state index contributed by atoms with van der Waals surface area (Å²) >= 11 is 1.38. The van der Waals surface area contributed by atoms with E-state index in [0.717, 1.165) is 23.7 Å². The molecule has 0 aliphatic heterocycles. The number of ether oxygens (including phenoxy) is 2. The molecule has 8 heteroatoms. The van der Waals surface area contributed by atoms with Crippen LogP contribution in [0.2, 0.25) is 0 Å². The Morgan fingerprint density at radius 2 is 2.08 bits per heavy atom. The Bertz CT molecular complexity index is 675. The smallest absolute Gasteiger partial charge is 0.230 e. The highest BCUT2D eigenvalue weighted by Crippen LogP contribution is 2.27. The van der Waals surface area contributed by atoms with Crippen LogP contribution in [-0.2, 0) is 17.8 Å². The number of carbonyl (C=O) groups excluding carboxylic acids is 1. The third kappa shape index (κ3) is 4.89. The summed E-state index contributed by atoms with van der Waals surface area (Å²) < 4.78 is 12.4. The van der Waals surface area contributed by atoms with Crippen LogP contribution < -0.4 is 14.8 Å². The molecule has 0 spiro atoms. The monoisotopic (exact) mass is 350 g/mol. The van der Waals surface area contributed by atoms with Crippen LogP contribution in [0.15, 0.2) is 29.7 Å². The van der Waals surface area contributed by atoms with Gasteiger partial charge in [0, 0.05) is 13.1 Å². The van der Waals surface area contributed by atoms with Gasteiger partial charge in [0.05, 0.1) is 20.0 Å². The molecule has 0 fully saturated rings. The van der Waals surface area contributed by atoms with Gasteiger partial charge in [-0.1, -0.05) is 17.8 Å². The zero-order chi connectivity index (χ0) is 17.4. The molecule has 2 aromatic rings. The molecule has 1 aromatic heterocycles. The van der Waals surface area contributed by atoms with Gasteiger partial charge in [-0.25, -0.2) is 0 Å². The van der Waals surface area contributed by atoms with Crippen LogP contribution >= 0.6 is 11.8 Å². The molecule has 0 aliphatic rings. The molecule has 1 heterocycles. The van der Waals surface area contributed by atoms with Crippen molar-refractivity contribution in [1.82, 2.24) is 20.1 Å². The summed E-state index contributed by atoms with van der Waals surface area (Å²) in [6.07, 6.45) is 2.39. The predicted octanol–water partition coefficient (Wildman–Crippen LogP) is 1.77. The summed E-state index contributed by atoms with van der Waals surface area (Å²) in [7, 11) is 3.21. The number of nitrogens with zero attached hydrogens (tertiary/aromatic N) is 3. The van der Waals surface area contributed by atoms with E-state index < -0.39 is 0 Å². The molecule has 0 saturated carbocycles. The van der Waals surface area contributed by atoms with Crippen molar-refractivity contribution in [2.75, 3.05) is 26.5 Å². The van der Waals surface area contributed by atoms with Gasteiger partial charge in [0.25, 0.3) is 0 Å². The largest absolute Gasteiger partial charge is 0.493 e. The molecular weight excluding hydrogens is 328 g/mol. The third-order valence-corrected chi connectivity index (χ3v) is 4.42. The zero-order valence-electron chi connectivity index (χ0n) is 14.1. The van der Waals surface area contributed by atoms with Crippen molar-refractivity contribution in [2.45, 2.75) is 25.0 Å². The Labute approximate surface area is 145 Å². The fourth-order valence-corrected chi connectivity index (χ4v) is 2.95. The number of nitrogens with one attached hydrogen (secondary N) is 1. The van der Waals surface area contributed by atoms with Crippen LogP contribution in [0.3, 0.4) is 0 Å². The first-order valence-corrected chi connectivity index (χ1v) is 8.64. The highest BCUT2D eigenvalue weighted by atomic mass is 32.2. The van der Waals surface area contributed by atoms with Crippen molar-refractivity contribution in [1.29, 1.82) is 0 Å². The normalized spacial score (nSPS) is 10.5. The molecule has 130 valence electrons. The molecule has 7 nitrogen and oxygen atoms in total. The Morgan fingerprint density at radius 1 is 1.29 bits per heavy atom. The first-order chi connectivity index (χ1) is 11.7. The van der Waals surface area contributed by atoms with Crippen molar-refractivity contribution in [2.24, 2.45) is 0 Å². The van der Waals surface area contributed by atoms with E-state index in [1.54, 1.807) is 20.5 Å². The van der Waals surface area contributed by atoms with Gasteiger partial charge in [-0.05, 0) is 31.0 Å². The number of hydrogen-bond donors (Lipinski definition) is 1. The second-order valence-electron chi connectivity index (χ2n) is 4.98. The topological polar surface area (TPSA) is 78.3 Å². The van der Waals surface area contributed by atoms with Gasteiger partial charge < -0.3 is 19.4 Å². The molecule has 0 aliphatic carbocycles. The molecule has 0 radical (unpaired) electrons. The summed E-state index contributed by atoms with van der Waals surface area (Å²) in [4.78, 5) is 11.9. The first-order valence-electron chi connectivity index (χ1n) is 7.66. The van der Waals surface area contributed by atoms with Gasteiger partial charge in [0.15, 0.2) is 16.7 Å². The summed E-state index contributed by atoms with van der Waals surface area (Å²) in [5.41, 5.74) is 1.08. The molecule has 24 heavy (non-hydrogen) atoms.